The molecule has 0 N–H and O–H groups in total. The van der Waals surface area contributed by atoms with Crippen LogP contribution in [0.15, 0.2) is 68.2 Å². The fraction of sp³-hybridized carbons (Fsp3) is 0.0952. The van der Waals surface area contributed by atoms with Gasteiger partial charge in [-0.15, -0.1) is 0 Å². The lowest BCUT2D eigenvalue weighted by Gasteiger charge is -1.99. The number of rotatable bonds is 5. The quantitative estimate of drug-likeness (QED) is 0.394. The minimum Gasteiger partial charge on any atom is -0.460 e. The van der Waals surface area contributed by atoms with E-state index in [1.807, 2.05) is 59.3 Å². The van der Waals surface area contributed by atoms with E-state index in [2.05, 4.69) is 10.1 Å². The molecule has 0 bridgehead atoms. The smallest absolute Gasteiger partial charge is 0.313 e. The zero-order chi connectivity index (χ0) is 18.9. The normalized spacial score (nSPS) is 11.3. The molecule has 6 nitrogen and oxygen atoms in total. The van der Waals surface area contributed by atoms with Crippen molar-refractivity contribution in [2.24, 2.45) is 0 Å². The van der Waals surface area contributed by atoms with Gasteiger partial charge in [-0.2, -0.15) is 16.3 Å². The van der Waals surface area contributed by atoms with E-state index >= 15 is 0 Å². The molecule has 0 unspecified atom stereocenters. The maximum absolute atomic E-state index is 12.2. The van der Waals surface area contributed by atoms with Crippen LogP contribution in [-0.2, 0) is 22.6 Å². The first-order valence-electron chi connectivity index (χ1n) is 8.67. The van der Waals surface area contributed by atoms with E-state index in [4.69, 9.17) is 13.7 Å². The van der Waals surface area contributed by atoms with Crippen molar-refractivity contribution in [2.75, 3.05) is 0 Å². The Morgan fingerprint density at radius 1 is 1.11 bits per heavy atom. The third-order valence-corrected chi connectivity index (χ3v) is 5.08. The van der Waals surface area contributed by atoms with Crippen LogP contribution in [0.1, 0.15) is 11.7 Å². The Morgan fingerprint density at radius 3 is 2.93 bits per heavy atom. The van der Waals surface area contributed by atoms with Crippen molar-refractivity contribution in [1.82, 2.24) is 10.1 Å². The fourth-order valence-electron chi connectivity index (χ4n) is 3.09. The van der Waals surface area contributed by atoms with Crippen LogP contribution in [0.3, 0.4) is 0 Å². The Balaban J connectivity index is 1.27. The number of carbonyl (C=O) groups excluding carboxylic acids is 1. The Morgan fingerprint density at radius 2 is 2.04 bits per heavy atom. The Kier molecular flexibility index (Phi) is 4.14. The van der Waals surface area contributed by atoms with Gasteiger partial charge in [0.2, 0.25) is 5.82 Å². The number of fused-ring (bicyclic) bond motifs is 3. The summed E-state index contributed by atoms with van der Waals surface area (Å²) in [5, 5.41) is 10.9. The number of ether oxygens (including phenoxy) is 1. The molecule has 0 spiro atoms. The second kappa shape index (κ2) is 6.94. The standard InChI is InChI=1S/C21H14N2O4S/c24-20(25-11-19-22-21(23-27-19)14-7-8-28-12-14)10-15-9-17-16-4-2-1-3-13(16)5-6-18(17)26-15/h1-9,12H,10-11H2. The van der Waals surface area contributed by atoms with E-state index in [1.54, 1.807) is 11.3 Å². The van der Waals surface area contributed by atoms with E-state index < -0.39 is 5.97 Å². The van der Waals surface area contributed by atoms with Gasteiger partial charge in [-0.05, 0) is 34.4 Å². The van der Waals surface area contributed by atoms with E-state index in [-0.39, 0.29) is 18.9 Å². The third-order valence-electron chi connectivity index (χ3n) is 4.40. The van der Waals surface area contributed by atoms with Crippen molar-refractivity contribution in [3.05, 3.63) is 70.9 Å². The molecule has 0 atom stereocenters. The van der Waals surface area contributed by atoms with Gasteiger partial charge in [-0.25, -0.2) is 0 Å². The molecule has 28 heavy (non-hydrogen) atoms. The molecular formula is C21H14N2O4S. The van der Waals surface area contributed by atoms with Crippen molar-refractivity contribution in [3.8, 4) is 11.4 Å². The van der Waals surface area contributed by atoms with Gasteiger partial charge in [0.15, 0.2) is 6.61 Å². The lowest BCUT2D eigenvalue weighted by atomic mass is 10.1. The summed E-state index contributed by atoms with van der Waals surface area (Å²) in [4.78, 5) is 16.4. The molecule has 0 fully saturated rings. The van der Waals surface area contributed by atoms with Gasteiger partial charge in [0.25, 0.3) is 5.89 Å². The summed E-state index contributed by atoms with van der Waals surface area (Å²) in [7, 11) is 0. The monoisotopic (exact) mass is 390 g/mol. The van der Waals surface area contributed by atoms with E-state index in [0.717, 1.165) is 27.3 Å². The maximum Gasteiger partial charge on any atom is 0.313 e. The highest BCUT2D eigenvalue weighted by atomic mass is 32.1. The van der Waals surface area contributed by atoms with E-state index in [1.165, 1.54) is 0 Å². The summed E-state index contributed by atoms with van der Waals surface area (Å²) in [6.45, 7) is -0.0703. The average molecular weight is 390 g/mol. The Hall–Kier alpha value is -3.45. The molecule has 3 heterocycles. The minimum atomic E-state index is -0.418. The predicted molar refractivity (Wildman–Crippen MR) is 105 cm³/mol. The number of aromatic nitrogens is 2. The van der Waals surface area contributed by atoms with Crippen molar-refractivity contribution in [1.29, 1.82) is 0 Å². The second-order valence-electron chi connectivity index (χ2n) is 6.27. The number of thiophene rings is 1. The van der Waals surface area contributed by atoms with E-state index in [0.29, 0.717) is 11.6 Å². The molecule has 0 radical (unpaired) electrons. The highest BCUT2D eigenvalue weighted by Crippen LogP contribution is 2.28. The number of benzene rings is 2. The van der Waals surface area contributed by atoms with Crippen LogP contribution < -0.4 is 0 Å². The largest absolute Gasteiger partial charge is 0.460 e. The van der Waals surface area contributed by atoms with Crippen LogP contribution >= 0.6 is 11.3 Å². The van der Waals surface area contributed by atoms with Crippen molar-refractivity contribution >= 4 is 39.0 Å². The van der Waals surface area contributed by atoms with Crippen LogP contribution in [-0.4, -0.2) is 16.1 Å². The lowest BCUT2D eigenvalue weighted by Crippen LogP contribution is -2.07. The summed E-state index contributed by atoms with van der Waals surface area (Å²) < 4.78 is 16.2. The van der Waals surface area contributed by atoms with Gasteiger partial charge in [-0.1, -0.05) is 35.5 Å². The number of carbonyl (C=O) groups is 1. The molecule has 0 aliphatic rings. The van der Waals surface area contributed by atoms with E-state index in [9.17, 15) is 4.79 Å². The van der Waals surface area contributed by atoms with Crippen molar-refractivity contribution in [3.63, 3.8) is 0 Å². The Labute approximate surface area is 163 Å². The lowest BCUT2D eigenvalue weighted by molar-refractivity contribution is -0.145. The van der Waals surface area contributed by atoms with Crippen molar-refractivity contribution < 1.29 is 18.5 Å². The third kappa shape index (κ3) is 3.16. The summed E-state index contributed by atoms with van der Waals surface area (Å²) >= 11 is 1.55. The minimum absolute atomic E-state index is 0.0362. The molecule has 7 heteroatoms. The summed E-state index contributed by atoms with van der Waals surface area (Å²) in [5.41, 5.74) is 1.62. The first kappa shape index (κ1) is 16.7. The molecule has 5 rings (SSSR count). The number of esters is 1. The van der Waals surface area contributed by atoms with Crippen LogP contribution in [0.2, 0.25) is 0 Å². The van der Waals surface area contributed by atoms with Gasteiger partial charge >= 0.3 is 5.97 Å². The first-order chi connectivity index (χ1) is 13.8. The molecule has 0 amide bonds. The van der Waals surface area contributed by atoms with Crippen molar-refractivity contribution in [2.45, 2.75) is 13.0 Å². The number of hydrogen-bond acceptors (Lipinski definition) is 7. The molecule has 0 saturated heterocycles. The Bertz CT molecular complexity index is 1270. The summed E-state index contributed by atoms with van der Waals surface area (Å²) in [6.07, 6.45) is 0.0362. The van der Waals surface area contributed by atoms with Gasteiger partial charge < -0.3 is 13.7 Å². The molecular weight excluding hydrogens is 376 g/mol. The highest BCUT2D eigenvalue weighted by molar-refractivity contribution is 7.08. The van der Waals surface area contributed by atoms with Crippen LogP contribution in [0.5, 0.6) is 0 Å². The molecule has 0 aliphatic heterocycles. The molecule has 0 aliphatic carbocycles. The number of furan rings is 1. The zero-order valence-corrected chi connectivity index (χ0v) is 15.4. The van der Waals surface area contributed by atoms with Gasteiger partial charge in [0, 0.05) is 16.3 Å². The van der Waals surface area contributed by atoms with Crippen LogP contribution in [0.25, 0.3) is 33.1 Å². The maximum atomic E-state index is 12.2. The SMILES string of the molecule is O=C(Cc1cc2c(ccc3ccccc32)o1)OCc1nc(-c2ccsc2)no1. The second-order valence-corrected chi connectivity index (χ2v) is 7.05. The fourth-order valence-corrected chi connectivity index (χ4v) is 3.72. The highest BCUT2D eigenvalue weighted by Gasteiger charge is 2.14. The van der Waals surface area contributed by atoms with Gasteiger partial charge in [-0.3, -0.25) is 4.79 Å². The average Bonchev–Trinajstić information content (AvgIpc) is 3.45. The number of nitrogens with zero attached hydrogens (tertiary/aromatic N) is 2. The topological polar surface area (TPSA) is 78.4 Å². The van der Waals surface area contributed by atoms with Crippen LogP contribution in [0.4, 0.5) is 0 Å². The van der Waals surface area contributed by atoms with Crippen LogP contribution in [0, 0.1) is 0 Å². The molecule has 3 aromatic heterocycles. The molecule has 2 aromatic carbocycles. The zero-order valence-electron chi connectivity index (χ0n) is 14.6. The van der Waals surface area contributed by atoms with Gasteiger partial charge in [0.05, 0.1) is 0 Å². The number of hydrogen-bond donors (Lipinski definition) is 0. The predicted octanol–water partition coefficient (Wildman–Crippen LogP) is 4.98. The molecule has 5 aromatic rings. The summed E-state index contributed by atoms with van der Waals surface area (Å²) in [6, 6.07) is 15.8. The first-order valence-corrected chi connectivity index (χ1v) is 9.61. The molecule has 138 valence electrons. The van der Waals surface area contributed by atoms with Gasteiger partial charge in [0.1, 0.15) is 17.8 Å². The summed E-state index contributed by atoms with van der Waals surface area (Å²) in [5.74, 6) is 0.876. The molecule has 0 saturated carbocycles.